The minimum atomic E-state index is -1.04. The summed E-state index contributed by atoms with van der Waals surface area (Å²) < 4.78 is 11.8. The minimum Gasteiger partial charge on any atom is -0.506 e. The van der Waals surface area contributed by atoms with E-state index in [-0.39, 0.29) is 23.5 Å². The van der Waals surface area contributed by atoms with E-state index in [1.807, 2.05) is 34.6 Å². The van der Waals surface area contributed by atoms with E-state index >= 15 is 0 Å². The lowest BCUT2D eigenvalue weighted by atomic mass is 9.79. The molecule has 1 aliphatic heterocycles. The van der Waals surface area contributed by atoms with Gasteiger partial charge in [-0.1, -0.05) is 33.6 Å². The predicted octanol–water partition coefficient (Wildman–Crippen LogP) is 2.91. The third-order valence-corrected chi connectivity index (χ3v) is 5.13. The summed E-state index contributed by atoms with van der Waals surface area (Å²) in [6, 6.07) is 0. The third-order valence-electron chi connectivity index (χ3n) is 5.13. The van der Waals surface area contributed by atoms with Crippen LogP contribution in [0.4, 0.5) is 0 Å². The Labute approximate surface area is 139 Å². The summed E-state index contributed by atoms with van der Waals surface area (Å²) in [6.07, 6.45) is 1.71. The summed E-state index contributed by atoms with van der Waals surface area (Å²) in [6.45, 7) is 9.64. The van der Waals surface area contributed by atoms with Crippen molar-refractivity contribution in [3.63, 3.8) is 0 Å². The monoisotopic (exact) mass is 328 g/mol. The van der Waals surface area contributed by atoms with Crippen molar-refractivity contribution >= 4 is 0 Å². The van der Waals surface area contributed by atoms with E-state index in [1.54, 1.807) is 0 Å². The van der Waals surface area contributed by atoms with E-state index < -0.39 is 23.9 Å². The largest absolute Gasteiger partial charge is 0.506 e. The van der Waals surface area contributed by atoms with Crippen LogP contribution in [0, 0.1) is 11.3 Å². The summed E-state index contributed by atoms with van der Waals surface area (Å²) in [4.78, 5) is 0. The number of hydrogen-bond acceptors (Lipinski definition) is 5. The van der Waals surface area contributed by atoms with Crippen molar-refractivity contribution in [2.75, 3.05) is 6.61 Å². The van der Waals surface area contributed by atoms with E-state index in [9.17, 15) is 15.3 Å². The summed E-state index contributed by atoms with van der Waals surface area (Å²) in [5.74, 6) is 0.640. The van der Waals surface area contributed by atoms with Crippen LogP contribution in [0.2, 0.25) is 0 Å². The average molecular weight is 328 g/mol. The van der Waals surface area contributed by atoms with Crippen LogP contribution in [-0.4, -0.2) is 45.8 Å². The van der Waals surface area contributed by atoms with Gasteiger partial charge in [0.05, 0.1) is 12.7 Å². The first-order chi connectivity index (χ1) is 10.6. The molecule has 3 atom stereocenters. The van der Waals surface area contributed by atoms with E-state index in [4.69, 9.17) is 9.47 Å². The first-order valence-electron chi connectivity index (χ1n) is 8.67. The predicted molar refractivity (Wildman–Crippen MR) is 88.0 cm³/mol. The highest BCUT2D eigenvalue weighted by atomic mass is 16.6. The van der Waals surface area contributed by atoms with Gasteiger partial charge in [-0.2, -0.15) is 0 Å². The van der Waals surface area contributed by atoms with Gasteiger partial charge < -0.3 is 24.8 Å². The minimum absolute atomic E-state index is 0.160. The summed E-state index contributed by atoms with van der Waals surface area (Å²) in [5.41, 5.74) is -0.771. The van der Waals surface area contributed by atoms with Crippen molar-refractivity contribution in [2.24, 2.45) is 11.3 Å². The van der Waals surface area contributed by atoms with Gasteiger partial charge in [-0.15, -0.1) is 0 Å². The summed E-state index contributed by atoms with van der Waals surface area (Å²) in [5, 5.41) is 30.6. The van der Waals surface area contributed by atoms with Crippen LogP contribution in [0.1, 0.15) is 60.3 Å². The Bertz CT molecular complexity index is 450. The van der Waals surface area contributed by atoms with Crippen LogP contribution in [0.3, 0.4) is 0 Å². The Kier molecular flexibility index (Phi) is 5.34. The Balaban J connectivity index is 2.25. The van der Waals surface area contributed by atoms with Gasteiger partial charge >= 0.3 is 0 Å². The molecule has 23 heavy (non-hydrogen) atoms. The fraction of sp³-hybridized carbons (Fsp3) is 0.889. The van der Waals surface area contributed by atoms with Crippen molar-refractivity contribution in [3.05, 3.63) is 11.5 Å². The van der Waals surface area contributed by atoms with Crippen LogP contribution in [-0.2, 0) is 9.47 Å². The van der Waals surface area contributed by atoms with Crippen molar-refractivity contribution in [1.82, 2.24) is 0 Å². The van der Waals surface area contributed by atoms with Crippen molar-refractivity contribution in [3.8, 4) is 0 Å². The molecule has 0 saturated heterocycles. The number of ether oxygens (including phenoxy) is 2. The fourth-order valence-corrected chi connectivity index (χ4v) is 3.17. The first-order valence-corrected chi connectivity index (χ1v) is 8.67. The second-order valence-electron chi connectivity index (χ2n) is 8.27. The van der Waals surface area contributed by atoms with Crippen LogP contribution in [0.15, 0.2) is 11.5 Å². The molecule has 0 aromatic heterocycles. The Hall–Kier alpha value is -0.780. The first kappa shape index (κ1) is 18.6. The quantitative estimate of drug-likeness (QED) is 0.670. The molecule has 0 amide bonds. The molecule has 0 spiro atoms. The molecule has 0 bridgehead atoms. The average Bonchev–Trinajstić information content (AvgIpc) is 3.26. The summed E-state index contributed by atoms with van der Waals surface area (Å²) >= 11 is 0. The normalized spacial score (nSPS) is 29.8. The molecule has 1 saturated carbocycles. The Morgan fingerprint density at radius 3 is 2.30 bits per heavy atom. The molecule has 1 fully saturated rings. The van der Waals surface area contributed by atoms with E-state index in [0.717, 1.165) is 12.8 Å². The number of rotatable bonds is 7. The molecule has 2 rings (SSSR count). The van der Waals surface area contributed by atoms with Crippen LogP contribution in [0.5, 0.6) is 0 Å². The molecular weight excluding hydrogens is 296 g/mol. The maximum absolute atomic E-state index is 10.7. The maximum Gasteiger partial charge on any atom is 0.168 e. The maximum atomic E-state index is 10.7. The van der Waals surface area contributed by atoms with Gasteiger partial charge in [-0.3, -0.25) is 0 Å². The van der Waals surface area contributed by atoms with Gasteiger partial charge in [0.25, 0.3) is 0 Å². The molecule has 0 radical (unpaired) electrons. The van der Waals surface area contributed by atoms with Gasteiger partial charge in [0.15, 0.2) is 11.5 Å². The SMILES string of the molecule is CCC(C)(C)C1OC(CO)C(O)=C(OC(C)(C)CC2CC2)[C@H]1O. The van der Waals surface area contributed by atoms with Crippen molar-refractivity contribution in [2.45, 2.75) is 84.2 Å². The molecule has 2 aliphatic rings. The molecule has 0 aromatic carbocycles. The molecule has 5 heteroatoms. The lowest BCUT2D eigenvalue weighted by Gasteiger charge is -2.44. The third kappa shape index (κ3) is 4.20. The zero-order chi connectivity index (χ0) is 17.4. The number of aliphatic hydroxyl groups is 3. The summed E-state index contributed by atoms with van der Waals surface area (Å²) in [7, 11) is 0. The second kappa shape index (κ2) is 6.61. The Morgan fingerprint density at radius 1 is 1.22 bits per heavy atom. The molecule has 134 valence electrons. The molecule has 0 aromatic rings. The molecule has 2 unspecified atom stereocenters. The highest BCUT2D eigenvalue weighted by Gasteiger charge is 2.46. The standard InChI is InChI=1S/C18H32O5/c1-6-17(2,3)16-14(21)15(13(20)12(10-19)22-16)23-18(4,5)9-11-7-8-11/h11-12,14,16,19-21H,6-10H2,1-5H3/t12?,14-,16?/m1/s1. The molecule has 1 heterocycles. The van der Waals surface area contributed by atoms with Crippen LogP contribution < -0.4 is 0 Å². The lowest BCUT2D eigenvalue weighted by molar-refractivity contribution is -0.169. The van der Waals surface area contributed by atoms with E-state index in [1.165, 1.54) is 12.8 Å². The van der Waals surface area contributed by atoms with Gasteiger partial charge in [-0.05, 0) is 38.0 Å². The van der Waals surface area contributed by atoms with Crippen molar-refractivity contribution in [1.29, 1.82) is 0 Å². The number of hydrogen-bond donors (Lipinski definition) is 3. The van der Waals surface area contributed by atoms with Crippen molar-refractivity contribution < 1.29 is 24.8 Å². The van der Waals surface area contributed by atoms with Crippen LogP contribution in [0.25, 0.3) is 0 Å². The zero-order valence-electron chi connectivity index (χ0n) is 15.0. The molecule has 3 N–H and O–H groups in total. The molecular formula is C18H32O5. The smallest absolute Gasteiger partial charge is 0.168 e. The van der Waals surface area contributed by atoms with E-state index in [0.29, 0.717) is 5.92 Å². The van der Waals surface area contributed by atoms with Gasteiger partial charge in [0.2, 0.25) is 0 Å². The zero-order valence-corrected chi connectivity index (χ0v) is 15.0. The highest BCUT2D eigenvalue weighted by Crippen LogP contribution is 2.42. The van der Waals surface area contributed by atoms with E-state index in [2.05, 4.69) is 0 Å². The fourth-order valence-electron chi connectivity index (χ4n) is 3.17. The lowest BCUT2D eigenvalue weighted by Crippen LogP contribution is -2.51. The van der Waals surface area contributed by atoms with Crippen LogP contribution >= 0.6 is 0 Å². The molecule has 1 aliphatic carbocycles. The highest BCUT2D eigenvalue weighted by molar-refractivity contribution is 5.18. The van der Waals surface area contributed by atoms with Gasteiger partial charge in [-0.25, -0.2) is 0 Å². The number of aliphatic hydroxyl groups excluding tert-OH is 3. The van der Waals surface area contributed by atoms with Gasteiger partial charge in [0.1, 0.15) is 17.8 Å². The second-order valence-corrected chi connectivity index (χ2v) is 8.27. The van der Waals surface area contributed by atoms with Gasteiger partial charge in [0, 0.05) is 0 Å². The molecule has 5 nitrogen and oxygen atoms in total. The Morgan fingerprint density at radius 2 is 1.83 bits per heavy atom. The topological polar surface area (TPSA) is 79.2 Å².